The van der Waals surface area contributed by atoms with Gasteiger partial charge in [-0.25, -0.2) is 8.42 Å². The van der Waals surface area contributed by atoms with Crippen molar-refractivity contribution < 1.29 is 8.42 Å². The van der Waals surface area contributed by atoms with Crippen LogP contribution < -0.4 is 10.6 Å². The fourth-order valence-corrected chi connectivity index (χ4v) is 6.91. The lowest BCUT2D eigenvalue weighted by atomic mass is 9.85. The third kappa shape index (κ3) is 5.38. The van der Waals surface area contributed by atoms with Gasteiger partial charge in [0.2, 0.25) is 10.0 Å². The number of amidine groups is 1. The molecule has 4 rings (SSSR count). The lowest BCUT2D eigenvalue weighted by Gasteiger charge is -2.44. The maximum absolute atomic E-state index is 13.5. The summed E-state index contributed by atoms with van der Waals surface area (Å²) >= 11 is 5.99. The van der Waals surface area contributed by atoms with E-state index >= 15 is 0 Å². The average Bonchev–Trinajstić information content (AvgIpc) is 2.74. The number of sulfonamides is 1. The molecule has 33 heavy (non-hydrogen) atoms. The summed E-state index contributed by atoms with van der Waals surface area (Å²) in [4.78, 5) is 5.22. The summed E-state index contributed by atoms with van der Waals surface area (Å²) in [6.07, 6.45) is 1.37. The average molecular weight is 512 g/mol. The Bertz CT molecular complexity index is 1100. The summed E-state index contributed by atoms with van der Waals surface area (Å²) in [6.45, 7) is 8.85. The van der Waals surface area contributed by atoms with E-state index in [2.05, 4.69) is 10.6 Å². The molecule has 9 heteroatoms. The van der Waals surface area contributed by atoms with Gasteiger partial charge in [0.25, 0.3) is 0 Å². The summed E-state index contributed by atoms with van der Waals surface area (Å²) < 4.78 is 28.6. The zero-order valence-electron chi connectivity index (χ0n) is 19.3. The molecule has 2 aromatic carbocycles. The first-order valence-electron chi connectivity index (χ1n) is 11.1. The standard InChI is InChI=1S/C24H31ClN4O2S.ClH/c1-17-14-18(2)22(19(3)15-17)32(30,31)29-12-8-24(9-13-29)23(26-10-11-28-24)27-16-20-4-6-21(25)7-5-20;/h4-7,14-15,28H,8-13,16H2,1-3H3,(H,26,27);1H. The van der Waals surface area contributed by atoms with E-state index in [9.17, 15) is 8.42 Å². The van der Waals surface area contributed by atoms with Crippen molar-refractivity contribution in [3.05, 3.63) is 63.7 Å². The topological polar surface area (TPSA) is 73.8 Å². The van der Waals surface area contributed by atoms with Crippen LogP contribution in [0, 0.1) is 20.8 Å². The van der Waals surface area contributed by atoms with Gasteiger partial charge in [-0.15, -0.1) is 12.4 Å². The van der Waals surface area contributed by atoms with E-state index in [1.54, 1.807) is 4.31 Å². The second-order valence-corrected chi connectivity index (χ2v) is 11.2. The zero-order valence-corrected chi connectivity index (χ0v) is 21.7. The summed E-state index contributed by atoms with van der Waals surface area (Å²) in [7, 11) is -3.54. The molecule has 0 aromatic heterocycles. The molecule has 2 heterocycles. The van der Waals surface area contributed by atoms with Crippen LogP contribution in [0.15, 0.2) is 46.3 Å². The Balaban J connectivity index is 0.00000306. The van der Waals surface area contributed by atoms with Crippen LogP contribution in [0.2, 0.25) is 5.02 Å². The van der Waals surface area contributed by atoms with E-state index in [0.717, 1.165) is 39.7 Å². The van der Waals surface area contributed by atoms with E-state index in [-0.39, 0.29) is 17.9 Å². The van der Waals surface area contributed by atoms with E-state index in [1.807, 2.05) is 57.2 Å². The van der Waals surface area contributed by atoms with E-state index in [4.69, 9.17) is 16.6 Å². The Morgan fingerprint density at radius 2 is 1.70 bits per heavy atom. The second kappa shape index (κ2) is 10.3. The number of nitrogens with zero attached hydrogens (tertiary/aromatic N) is 2. The Kier molecular flexibility index (Phi) is 8.12. The highest BCUT2D eigenvalue weighted by molar-refractivity contribution is 7.89. The molecule has 180 valence electrons. The molecule has 2 aromatic rings. The van der Waals surface area contributed by atoms with Gasteiger partial charge in [-0.1, -0.05) is 41.4 Å². The quantitative estimate of drug-likeness (QED) is 0.651. The van der Waals surface area contributed by atoms with Crippen molar-refractivity contribution >= 4 is 39.9 Å². The molecule has 2 N–H and O–H groups in total. The number of rotatable bonds is 4. The molecule has 0 unspecified atom stereocenters. The van der Waals surface area contributed by atoms with Crippen LogP contribution in [0.4, 0.5) is 0 Å². The molecule has 2 aliphatic rings. The first kappa shape index (κ1) is 26.0. The highest BCUT2D eigenvalue weighted by atomic mass is 35.5. The molecule has 0 amide bonds. The molecule has 0 radical (unpaired) electrons. The second-order valence-electron chi connectivity index (χ2n) is 8.85. The van der Waals surface area contributed by atoms with Gasteiger partial charge in [0, 0.05) is 31.2 Å². The van der Waals surface area contributed by atoms with Gasteiger partial charge in [0.15, 0.2) is 0 Å². The number of halogens is 2. The summed E-state index contributed by atoms with van der Waals surface area (Å²) in [5, 5.41) is 7.86. The monoisotopic (exact) mass is 510 g/mol. The van der Waals surface area contributed by atoms with Crippen LogP contribution in [0.25, 0.3) is 0 Å². The van der Waals surface area contributed by atoms with Crippen molar-refractivity contribution in [2.24, 2.45) is 4.99 Å². The fourth-order valence-electron chi connectivity index (χ4n) is 4.94. The van der Waals surface area contributed by atoms with E-state index < -0.39 is 10.0 Å². The van der Waals surface area contributed by atoms with Crippen LogP contribution in [-0.2, 0) is 16.6 Å². The van der Waals surface area contributed by atoms with Gasteiger partial charge in [-0.3, -0.25) is 4.99 Å². The van der Waals surface area contributed by atoms with Crippen LogP contribution in [-0.4, -0.2) is 50.3 Å². The Labute approximate surface area is 208 Å². The number of piperidine rings is 1. The minimum absolute atomic E-state index is 0. The van der Waals surface area contributed by atoms with Crippen LogP contribution in [0.5, 0.6) is 0 Å². The van der Waals surface area contributed by atoms with Crippen LogP contribution >= 0.6 is 24.0 Å². The van der Waals surface area contributed by atoms with E-state index in [1.165, 1.54) is 0 Å². The SMILES string of the molecule is Cc1cc(C)c(S(=O)(=O)N2CCC3(CC2)NCCN=C3NCc2ccc(Cl)cc2)c(C)c1.Cl. The van der Waals surface area contributed by atoms with Gasteiger partial charge in [0.1, 0.15) is 5.84 Å². The first-order chi connectivity index (χ1) is 15.2. The van der Waals surface area contributed by atoms with E-state index in [0.29, 0.717) is 43.9 Å². The van der Waals surface area contributed by atoms with Crippen molar-refractivity contribution in [2.75, 3.05) is 26.2 Å². The molecular formula is C24H32Cl2N4O2S. The van der Waals surface area contributed by atoms with Gasteiger partial charge < -0.3 is 10.6 Å². The van der Waals surface area contributed by atoms with Crippen LogP contribution in [0.1, 0.15) is 35.1 Å². The van der Waals surface area contributed by atoms with Gasteiger partial charge >= 0.3 is 0 Å². The Morgan fingerprint density at radius 1 is 1.09 bits per heavy atom. The molecule has 6 nitrogen and oxygen atoms in total. The summed E-state index contributed by atoms with van der Waals surface area (Å²) in [6, 6.07) is 11.7. The number of hydrogen-bond donors (Lipinski definition) is 2. The molecule has 1 fully saturated rings. The molecule has 0 aliphatic carbocycles. The molecule has 0 saturated carbocycles. The first-order valence-corrected chi connectivity index (χ1v) is 12.9. The minimum atomic E-state index is -3.54. The highest BCUT2D eigenvalue weighted by Gasteiger charge is 2.43. The minimum Gasteiger partial charge on any atom is -0.368 e. The smallest absolute Gasteiger partial charge is 0.243 e. The van der Waals surface area contributed by atoms with Crippen molar-refractivity contribution in [1.82, 2.24) is 14.9 Å². The molecule has 1 saturated heterocycles. The van der Waals surface area contributed by atoms with Gasteiger partial charge in [-0.2, -0.15) is 4.31 Å². The third-order valence-corrected chi connectivity index (χ3v) is 8.91. The summed E-state index contributed by atoms with van der Waals surface area (Å²) in [5.74, 6) is 0.929. The molecule has 1 spiro atoms. The van der Waals surface area contributed by atoms with Crippen molar-refractivity contribution in [1.29, 1.82) is 0 Å². The predicted molar refractivity (Wildman–Crippen MR) is 137 cm³/mol. The number of benzene rings is 2. The van der Waals surface area contributed by atoms with Crippen molar-refractivity contribution in [3.8, 4) is 0 Å². The fraction of sp³-hybridized carbons (Fsp3) is 0.458. The largest absolute Gasteiger partial charge is 0.368 e. The normalized spacial score (nSPS) is 18.5. The molecule has 0 atom stereocenters. The predicted octanol–water partition coefficient (Wildman–Crippen LogP) is 4.00. The number of aryl methyl sites for hydroxylation is 3. The Morgan fingerprint density at radius 3 is 2.30 bits per heavy atom. The molecular weight excluding hydrogens is 479 g/mol. The number of nitrogens with one attached hydrogen (secondary N) is 2. The number of hydrogen-bond acceptors (Lipinski definition) is 5. The van der Waals surface area contributed by atoms with Crippen LogP contribution in [0.3, 0.4) is 0 Å². The zero-order chi connectivity index (χ0) is 22.9. The third-order valence-electron chi connectivity index (χ3n) is 6.45. The Hall–Kier alpha value is -1.64. The van der Waals surface area contributed by atoms with Gasteiger partial charge in [0.05, 0.1) is 17.0 Å². The number of aliphatic imine (C=N–C) groups is 1. The summed E-state index contributed by atoms with van der Waals surface area (Å²) in [5.41, 5.74) is 3.52. The maximum atomic E-state index is 13.5. The van der Waals surface area contributed by atoms with Crippen molar-refractivity contribution in [3.63, 3.8) is 0 Å². The lowest BCUT2D eigenvalue weighted by Crippen LogP contribution is -2.64. The highest BCUT2D eigenvalue weighted by Crippen LogP contribution is 2.31. The lowest BCUT2D eigenvalue weighted by molar-refractivity contribution is 0.241. The van der Waals surface area contributed by atoms with Crippen molar-refractivity contribution in [2.45, 2.75) is 50.6 Å². The maximum Gasteiger partial charge on any atom is 0.243 e. The molecule has 2 aliphatic heterocycles. The van der Waals surface area contributed by atoms with Gasteiger partial charge in [-0.05, 0) is 62.4 Å². The molecule has 0 bridgehead atoms.